The first-order chi connectivity index (χ1) is 14.2. The Balaban J connectivity index is 1.43. The summed E-state index contributed by atoms with van der Waals surface area (Å²) >= 11 is 0. The zero-order valence-electron chi connectivity index (χ0n) is 17.3. The zero-order chi connectivity index (χ0) is 20.1. The maximum Gasteiger partial charge on any atom is 0.276 e. The molecular formula is C21H31N5O3. The zero-order valence-corrected chi connectivity index (χ0v) is 17.3. The van der Waals surface area contributed by atoms with Crippen molar-refractivity contribution in [3.05, 3.63) is 35.5 Å². The highest BCUT2D eigenvalue weighted by atomic mass is 16.5. The molecule has 0 aromatic carbocycles. The highest BCUT2D eigenvalue weighted by molar-refractivity contribution is 5.92. The Morgan fingerprint density at radius 3 is 2.76 bits per heavy atom. The number of ether oxygens (including phenoxy) is 1. The van der Waals surface area contributed by atoms with Gasteiger partial charge in [-0.15, -0.1) is 0 Å². The molecule has 2 saturated heterocycles. The number of amides is 1. The Kier molecular flexibility index (Phi) is 6.61. The summed E-state index contributed by atoms with van der Waals surface area (Å²) in [5.41, 5.74) is 1.47. The Bertz CT molecular complexity index is 790. The Morgan fingerprint density at radius 2 is 2.03 bits per heavy atom. The van der Waals surface area contributed by atoms with Crippen LogP contribution in [0.1, 0.15) is 53.9 Å². The summed E-state index contributed by atoms with van der Waals surface area (Å²) in [5.74, 6) is 0.597. The van der Waals surface area contributed by atoms with E-state index < -0.39 is 0 Å². The van der Waals surface area contributed by atoms with Gasteiger partial charge in [0.2, 0.25) is 0 Å². The van der Waals surface area contributed by atoms with Gasteiger partial charge < -0.3 is 19.1 Å². The normalized spacial score (nSPS) is 18.8. The first kappa shape index (κ1) is 20.1. The van der Waals surface area contributed by atoms with E-state index in [4.69, 9.17) is 9.26 Å². The molecule has 0 radical (unpaired) electrons. The highest BCUT2D eigenvalue weighted by Gasteiger charge is 2.29. The lowest BCUT2D eigenvalue weighted by Gasteiger charge is -2.36. The minimum Gasteiger partial charge on any atom is -0.381 e. The molecule has 29 heavy (non-hydrogen) atoms. The average Bonchev–Trinajstić information content (AvgIpc) is 3.39. The number of likely N-dealkylation sites (tertiary alicyclic amines) is 1. The fourth-order valence-electron chi connectivity index (χ4n) is 4.23. The van der Waals surface area contributed by atoms with Crippen LogP contribution in [-0.4, -0.2) is 76.1 Å². The molecule has 0 spiro atoms. The van der Waals surface area contributed by atoms with Crippen LogP contribution in [0.4, 0.5) is 0 Å². The second kappa shape index (κ2) is 9.54. The molecule has 2 aliphatic heterocycles. The monoisotopic (exact) mass is 401 g/mol. The van der Waals surface area contributed by atoms with E-state index in [1.54, 1.807) is 16.9 Å². The fraction of sp³-hybridized carbons (Fsp3) is 0.667. The van der Waals surface area contributed by atoms with E-state index in [2.05, 4.69) is 15.2 Å². The molecule has 2 aliphatic rings. The second-order valence-electron chi connectivity index (χ2n) is 8.14. The molecule has 0 aliphatic carbocycles. The number of hydrogen-bond donors (Lipinski definition) is 0. The molecule has 8 nitrogen and oxygen atoms in total. The minimum atomic E-state index is -0.0412. The first-order valence-corrected chi connectivity index (χ1v) is 10.7. The van der Waals surface area contributed by atoms with Gasteiger partial charge in [-0.1, -0.05) is 11.6 Å². The minimum absolute atomic E-state index is 0.0412. The van der Waals surface area contributed by atoms with Crippen LogP contribution >= 0.6 is 0 Å². The molecule has 158 valence electrons. The van der Waals surface area contributed by atoms with E-state index in [0.717, 1.165) is 44.6 Å². The molecule has 2 fully saturated rings. The molecule has 0 saturated carbocycles. The Morgan fingerprint density at radius 1 is 1.24 bits per heavy atom. The van der Waals surface area contributed by atoms with E-state index >= 15 is 0 Å². The topological polar surface area (TPSA) is 76.6 Å². The van der Waals surface area contributed by atoms with Crippen LogP contribution in [0.15, 0.2) is 23.0 Å². The van der Waals surface area contributed by atoms with Crippen LogP contribution in [0.25, 0.3) is 0 Å². The number of carbonyl (C=O) groups excluding carboxylic acids is 1. The van der Waals surface area contributed by atoms with Gasteiger partial charge in [0.25, 0.3) is 5.91 Å². The van der Waals surface area contributed by atoms with Gasteiger partial charge in [0.1, 0.15) is 6.54 Å². The smallest absolute Gasteiger partial charge is 0.276 e. The molecule has 4 rings (SSSR count). The van der Waals surface area contributed by atoms with Crippen LogP contribution in [0, 0.1) is 6.92 Å². The van der Waals surface area contributed by atoms with Crippen LogP contribution < -0.4 is 0 Å². The summed E-state index contributed by atoms with van der Waals surface area (Å²) in [6, 6.07) is 1.96. The van der Waals surface area contributed by atoms with Gasteiger partial charge in [0, 0.05) is 44.6 Å². The van der Waals surface area contributed by atoms with Crippen molar-refractivity contribution >= 4 is 5.91 Å². The highest BCUT2D eigenvalue weighted by Crippen LogP contribution is 2.19. The molecule has 0 N–H and O–H groups in total. The lowest BCUT2D eigenvalue weighted by molar-refractivity contribution is 0.0253. The van der Waals surface area contributed by atoms with Crippen molar-refractivity contribution in [3.8, 4) is 0 Å². The summed E-state index contributed by atoms with van der Waals surface area (Å²) in [7, 11) is 0. The number of nitrogens with zero attached hydrogens (tertiary/aromatic N) is 5. The van der Waals surface area contributed by atoms with Crippen molar-refractivity contribution in [1.82, 2.24) is 24.7 Å². The van der Waals surface area contributed by atoms with Gasteiger partial charge in [-0.05, 0) is 51.3 Å². The quantitative estimate of drug-likeness (QED) is 0.709. The van der Waals surface area contributed by atoms with Gasteiger partial charge in [-0.25, -0.2) is 0 Å². The Hall–Kier alpha value is -2.19. The second-order valence-corrected chi connectivity index (χ2v) is 8.14. The van der Waals surface area contributed by atoms with Gasteiger partial charge in [-0.3, -0.25) is 9.48 Å². The largest absolute Gasteiger partial charge is 0.381 e. The average molecular weight is 402 g/mol. The number of aryl methyl sites for hydroxylation is 1. The molecule has 0 bridgehead atoms. The predicted octanol–water partition coefficient (Wildman–Crippen LogP) is 2.33. The molecule has 2 aromatic rings. The van der Waals surface area contributed by atoms with Gasteiger partial charge in [-0.2, -0.15) is 5.10 Å². The van der Waals surface area contributed by atoms with Crippen LogP contribution in [-0.2, 0) is 11.3 Å². The molecule has 1 amide bonds. The Labute approximate surface area is 171 Å². The van der Waals surface area contributed by atoms with Crippen molar-refractivity contribution in [2.75, 3.05) is 39.4 Å². The van der Waals surface area contributed by atoms with Gasteiger partial charge >= 0.3 is 0 Å². The summed E-state index contributed by atoms with van der Waals surface area (Å²) in [5, 5.41) is 8.35. The molecule has 8 heteroatoms. The number of hydrogen-bond acceptors (Lipinski definition) is 6. The molecular weight excluding hydrogens is 370 g/mol. The molecule has 0 unspecified atom stereocenters. The van der Waals surface area contributed by atoms with Crippen molar-refractivity contribution in [2.45, 2.75) is 51.6 Å². The van der Waals surface area contributed by atoms with E-state index in [0.29, 0.717) is 31.2 Å². The van der Waals surface area contributed by atoms with Crippen molar-refractivity contribution in [3.63, 3.8) is 0 Å². The molecule has 2 aromatic heterocycles. The lowest BCUT2D eigenvalue weighted by Crippen LogP contribution is -2.47. The van der Waals surface area contributed by atoms with E-state index in [1.165, 1.54) is 19.3 Å². The van der Waals surface area contributed by atoms with Crippen molar-refractivity contribution < 1.29 is 14.1 Å². The van der Waals surface area contributed by atoms with Crippen LogP contribution in [0.3, 0.4) is 0 Å². The predicted molar refractivity (Wildman–Crippen MR) is 108 cm³/mol. The van der Waals surface area contributed by atoms with Gasteiger partial charge in [0.05, 0.1) is 6.20 Å². The third-order valence-corrected chi connectivity index (χ3v) is 5.86. The van der Waals surface area contributed by atoms with E-state index in [-0.39, 0.29) is 11.9 Å². The number of aromatic nitrogens is 3. The van der Waals surface area contributed by atoms with Crippen LogP contribution in [0.2, 0.25) is 0 Å². The third-order valence-electron chi connectivity index (χ3n) is 5.86. The fourth-order valence-corrected chi connectivity index (χ4v) is 4.23. The maximum absolute atomic E-state index is 13.3. The summed E-state index contributed by atoms with van der Waals surface area (Å²) in [6.07, 6.45) is 9.32. The SMILES string of the molecule is Cc1cnn(Cc2cc(C(=O)N(CCN3CCCCC3)C3CCOCC3)no2)c1. The number of rotatable bonds is 7. The van der Waals surface area contributed by atoms with Gasteiger partial charge in [0.15, 0.2) is 11.5 Å². The molecule has 0 atom stereocenters. The third kappa shape index (κ3) is 5.25. The maximum atomic E-state index is 13.3. The lowest BCUT2D eigenvalue weighted by atomic mass is 10.1. The van der Waals surface area contributed by atoms with Crippen LogP contribution in [0.5, 0.6) is 0 Å². The standard InChI is InChI=1S/C21H31N5O3/c1-17-14-22-25(15-17)16-19-13-20(23-29-19)21(27)26(18-5-11-28-12-6-18)10-9-24-7-3-2-4-8-24/h13-15,18H,2-12,16H2,1H3. The van der Waals surface area contributed by atoms with Crippen molar-refractivity contribution in [2.24, 2.45) is 0 Å². The van der Waals surface area contributed by atoms with E-state index in [1.807, 2.05) is 18.0 Å². The summed E-state index contributed by atoms with van der Waals surface area (Å²) in [6.45, 7) is 7.79. The first-order valence-electron chi connectivity index (χ1n) is 10.7. The van der Waals surface area contributed by atoms with E-state index in [9.17, 15) is 4.79 Å². The summed E-state index contributed by atoms with van der Waals surface area (Å²) in [4.78, 5) is 17.8. The number of piperidine rings is 1. The molecule has 4 heterocycles. The summed E-state index contributed by atoms with van der Waals surface area (Å²) < 4.78 is 12.7. The number of carbonyl (C=O) groups is 1. The van der Waals surface area contributed by atoms with Crippen molar-refractivity contribution in [1.29, 1.82) is 0 Å².